The number of methoxy groups -OCH3 is 2. The molecule has 0 radical (unpaired) electrons. The predicted molar refractivity (Wildman–Crippen MR) is 107 cm³/mol. The van der Waals surface area contributed by atoms with E-state index >= 15 is 0 Å². The Morgan fingerprint density at radius 3 is 1.41 bits per heavy atom. The zero-order chi connectivity index (χ0) is 23.9. The van der Waals surface area contributed by atoms with E-state index in [2.05, 4.69) is 0 Å². The number of rotatable bonds is 8. The highest BCUT2D eigenvalue weighted by atomic mass is 31.2. The quantitative estimate of drug-likeness (QED) is 0.394. The summed E-state index contributed by atoms with van der Waals surface area (Å²) in [5.41, 5.74) is -1.57. The van der Waals surface area contributed by atoms with Gasteiger partial charge >= 0.3 is 0 Å². The fraction of sp³-hybridized carbons (Fsp3) is 1.00. The first kappa shape index (κ1) is 26.7. The zero-order valence-electron chi connectivity index (χ0n) is 19.1. The fourth-order valence-electron chi connectivity index (χ4n) is 4.78. The Hall–Kier alpha value is 0.0600. The maximum Gasteiger partial charge on any atom is 0.144 e. The van der Waals surface area contributed by atoms with E-state index in [0.717, 1.165) is 13.3 Å². The number of hydrogen-bond donors (Lipinski definition) is 0. The van der Waals surface area contributed by atoms with Crippen molar-refractivity contribution >= 4 is 15.2 Å². The Kier molecular flexibility index (Phi) is 8.00. The molecule has 0 saturated carbocycles. The highest BCUT2D eigenvalue weighted by Gasteiger charge is 2.62. The van der Waals surface area contributed by atoms with Crippen LogP contribution in [0, 0.1) is 0 Å². The molecule has 4 aliphatic rings. The second kappa shape index (κ2) is 9.60. The largest absolute Gasteiger partial charge is 0.779 e. The topological polar surface area (TPSA) is 154 Å². The second-order valence-corrected chi connectivity index (χ2v) is 12.3. The Morgan fingerprint density at radius 1 is 0.812 bits per heavy atom. The average molecular weight is 502 g/mol. The first-order valence-electron chi connectivity index (χ1n) is 10.3. The summed E-state index contributed by atoms with van der Waals surface area (Å²) in [5.74, 6) is 0. The van der Waals surface area contributed by atoms with Crippen LogP contribution < -0.4 is 9.79 Å². The van der Waals surface area contributed by atoms with Gasteiger partial charge < -0.3 is 56.4 Å². The molecular weight excluding hydrogens is 470 g/mol. The summed E-state index contributed by atoms with van der Waals surface area (Å²) < 4.78 is 65.1. The van der Waals surface area contributed by atoms with Crippen LogP contribution in [0.2, 0.25) is 0 Å². The van der Waals surface area contributed by atoms with Gasteiger partial charge in [0.2, 0.25) is 0 Å². The van der Waals surface area contributed by atoms with E-state index in [4.69, 9.17) is 37.5 Å². The van der Waals surface area contributed by atoms with Crippen molar-refractivity contribution < 1.29 is 56.4 Å². The lowest BCUT2D eigenvalue weighted by Crippen LogP contribution is -2.46. The van der Waals surface area contributed by atoms with Crippen LogP contribution in [0.4, 0.5) is 0 Å². The maximum atomic E-state index is 11.2. The SMILES string of the molecule is COC[C@@]12COC([C@H](C)O1)[C@@H]2OP(C)(=O)[O-].COC[C@]12CO[C@@H](C1OP(C)(=O)[O-])[C@H](C)O2. The number of fused-ring (bicyclic) bond motifs is 4. The highest BCUT2D eigenvalue weighted by molar-refractivity contribution is 7.50. The van der Waals surface area contributed by atoms with E-state index in [-0.39, 0.29) is 37.6 Å². The Balaban J connectivity index is 0.000000181. The molecule has 4 bridgehead atoms. The van der Waals surface area contributed by atoms with Gasteiger partial charge in [-0.25, -0.2) is 0 Å². The summed E-state index contributed by atoms with van der Waals surface area (Å²) in [6.45, 7) is 6.91. The zero-order valence-corrected chi connectivity index (χ0v) is 20.9. The van der Waals surface area contributed by atoms with Gasteiger partial charge in [-0.2, -0.15) is 0 Å². The molecule has 10 atom stereocenters. The minimum Gasteiger partial charge on any atom is -0.779 e. The fourth-order valence-corrected chi connectivity index (χ4v) is 6.23. The van der Waals surface area contributed by atoms with Crippen LogP contribution in [0.25, 0.3) is 0 Å². The summed E-state index contributed by atoms with van der Waals surface area (Å²) in [5, 5.41) is 0. The van der Waals surface area contributed by atoms with Crippen molar-refractivity contribution in [1.82, 2.24) is 0 Å². The van der Waals surface area contributed by atoms with Gasteiger partial charge in [-0.3, -0.25) is 0 Å². The molecule has 0 spiro atoms. The van der Waals surface area contributed by atoms with E-state index < -0.39 is 38.6 Å². The third-order valence-corrected chi connectivity index (χ3v) is 7.05. The van der Waals surface area contributed by atoms with Gasteiger partial charge in [-0.1, -0.05) is 0 Å². The monoisotopic (exact) mass is 502 g/mol. The average Bonchev–Trinajstić information content (AvgIpc) is 3.28. The molecule has 4 heterocycles. The first-order valence-corrected chi connectivity index (χ1v) is 14.2. The van der Waals surface area contributed by atoms with Crippen LogP contribution in [-0.4, -0.2) is 102 Å². The third kappa shape index (κ3) is 5.48. The molecule has 188 valence electrons. The van der Waals surface area contributed by atoms with Crippen molar-refractivity contribution in [2.24, 2.45) is 0 Å². The lowest BCUT2D eigenvalue weighted by atomic mass is 10.00. The number of hydrogen-bond acceptors (Lipinski definition) is 12. The molecule has 0 aromatic heterocycles. The van der Waals surface area contributed by atoms with E-state index in [1.165, 1.54) is 14.2 Å². The van der Waals surface area contributed by atoms with Crippen LogP contribution in [0.1, 0.15) is 13.8 Å². The van der Waals surface area contributed by atoms with E-state index in [1.54, 1.807) is 0 Å². The van der Waals surface area contributed by atoms with Crippen molar-refractivity contribution in [2.45, 2.75) is 61.7 Å². The summed E-state index contributed by atoms with van der Waals surface area (Å²) in [6, 6.07) is 0. The molecule has 0 N–H and O–H groups in total. The molecule has 14 heteroatoms. The molecular formula is C18H32O12P2-2. The highest BCUT2D eigenvalue weighted by Crippen LogP contribution is 2.49. The van der Waals surface area contributed by atoms with Gasteiger partial charge in [0.05, 0.1) is 38.6 Å². The summed E-state index contributed by atoms with van der Waals surface area (Å²) in [7, 11) is -4.54. The molecule has 4 rings (SSSR count). The first-order chi connectivity index (χ1) is 14.8. The molecule has 0 aromatic carbocycles. The number of ether oxygens (including phenoxy) is 6. The molecule has 4 unspecified atom stereocenters. The molecule has 32 heavy (non-hydrogen) atoms. The lowest BCUT2D eigenvalue weighted by Gasteiger charge is -2.31. The predicted octanol–water partition coefficient (Wildman–Crippen LogP) is -0.485. The summed E-state index contributed by atoms with van der Waals surface area (Å²) >= 11 is 0. The van der Waals surface area contributed by atoms with Gasteiger partial charge in [0.25, 0.3) is 0 Å². The van der Waals surface area contributed by atoms with Gasteiger partial charge in [-0.05, 0) is 13.8 Å². The van der Waals surface area contributed by atoms with E-state index in [0.29, 0.717) is 13.2 Å². The molecule has 4 fully saturated rings. The Bertz CT molecular complexity index is 692. The minimum atomic E-state index is -3.81. The molecule has 12 nitrogen and oxygen atoms in total. The standard InChI is InChI=1S/2C9H17O6P/c2*1-6-7-8(15-16(3,10)11)9(14-6,4-12-2)5-13-7/h2*6-8H,4-5H2,1-3H3,(H,10,11)/p-2/t6-,7?,8-,9-;6-,7+,8?,9-/m00/s1. The van der Waals surface area contributed by atoms with Crippen LogP contribution in [-0.2, 0) is 46.6 Å². The lowest BCUT2D eigenvalue weighted by molar-refractivity contribution is -0.207. The second-order valence-electron chi connectivity index (χ2n) is 8.79. The molecule has 0 amide bonds. The van der Waals surface area contributed by atoms with Crippen LogP contribution in [0.3, 0.4) is 0 Å². The normalized spacial score (nSPS) is 45.9. The molecule has 0 aromatic rings. The van der Waals surface area contributed by atoms with Crippen LogP contribution in [0.5, 0.6) is 0 Å². The van der Waals surface area contributed by atoms with Crippen molar-refractivity contribution in [2.75, 3.05) is 54.0 Å². The van der Waals surface area contributed by atoms with Gasteiger partial charge in [0.1, 0.15) is 50.8 Å². The van der Waals surface area contributed by atoms with Gasteiger partial charge in [0, 0.05) is 27.5 Å². The molecule has 4 saturated heterocycles. The Labute approximate surface area is 187 Å². The smallest absolute Gasteiger partial charge is 0.144 e. The van der Waals surface area contributed by atoms with Crippen LogP contribution in [0.15, 0.2) is 0 Å². The molecule has 4 aliphatic heterocycles. The summed E-state index contributed by atoms with van der Waals surface area (Å²) in [6.07, 6.45) is -2.23. The summed E-state index contributed by atoms with van der Waals surface area (Å²) in [4.78, 5) is 22.4. The van der Waals surface area contributed by atoms with Crippen molar-refractivity contribution in [3.05, 3.63) is 0 Å². The van der Waals surface area contributed by atoms with Crippen molar-refractivity contribution in [3.8, 4) is 0 Å². The Morgan fingerprint density at radius 2 is 1.16 bits per heavy atom. The molecule has 0 aliphatic carbocycles. The van der Waals surface area contributed by atoms with Gasteiger partial charge in [-0.15, -0.1) is 0 Å². The van der Waals surface area contributed by atoms with E-state index in [9.17, 15) is 18.9 Å². The third-order valence-electron chi connectivity index (χ3n) is 5.83. The maximum absolute atomic E-state index is 11.2. The van der Waals surface area contributed by atoms with Crippen LogP contribution >= 0.6 is 15.2 Å². The van der Waals surface area contributed by atoms with Gasteiger partial charge in [0.15, 0.2) is 0 Å². The minimum absolute atomic E-state index is 0.180. The van der Waals surface area contributed by atoms with E-state index in [1.807, 2.05) is 13.8 Å². The van der Waals surface area contributed by atoms with Crippen molar-refractivity contribution in [3.63, 3.8) is 0 Å². The van der Waals surface area contributed by atoms with Crippen molar-refractivity contribution in [1.29, 1.82) is 0 Å².